The Kier molecular flexibility index (Phi) is 6.13. The Morgan fingerprint density at radius 1 is 1.00 bits per heavy atom. The largest absolute Gasteiger partial charge is 1.00 e. The summed E-state index contributed by atoms with van der Waals surface area (Å²) in [5.41, 5.74) is 4.67. The molecule has 0 amide bonds. The average Bonchev–Trinajstić information content (AvgIpc) is 2.89. The summed E-state index contributed by atoms with van der Waals surface area (Å²) in [5, 5.41) is 6.83. The Morgan fingerprint density at radius 2 is 1.61 bits per heavy atom. The molecule has 23 heavy (non-hydrogen) atoms. The average molecular weight is 387 g/mol. The van der Waals surface area contributed by atoms with Gasteiger partial charge in [0.1, 0.15) is 0 Å². The molecule has 3 rings (SSSR count). The zero-order valence-corrected chi connectivity index (χ0v) is 15.6. The molecule has 1 N–H and O–H groups in total. The number of thiazole rings is 1. The van der Waals surface area contributed by atoms with Crippen LogP contribution in [0.1, 0.15) is 17.6 Å². The van der Waals surface area contributed by atoms with Gasteiger partial charge in [0.05, 0.1) is 5.38 Å². The molecule has 0 atom stereocenters. The first-order valence-corrected chi connectivity index (χ1v) is 8.18. The first-order chi connectivity index (χ1) is 10.7. The molecular formula is C19H19BrN2S. The van der Waals surface area contributed by atoms with Gasteiger partial charge in [0.2, 0.25) is 5.69 Å². The fraction of sp³-hybridized carbons (Fsp3) is 0.105. The van der Waals surface area contributed by atoms with Crippen LogP contribution in [0.5, 0.6) is 0 Å². The van der Waals surface area contributed by atoms with Crippen molar-refractivity contribution in [1.29, 1.82) is 0 Å². The number of anilines is 1. The summed E-state index contributed by atoms with van der Waals surface area (Å²) in [5.74, 6) is 0. The number of hydrogen-bond acceptors (Lipinski definition) is 2. The number of aryl methyl sites for hydroxylation is 1. The van der Waals surface area contributed by atoms with E-state index in [2.05, 4.69) is 71.6 Å². The maximum atomic E-state index is 3.43. The van der Waals surface area contributed by atoms with E-state index in [-0.39, 0.29) is 17.0 Å². The summed E-state index contributed by atoms with van der Waals surface area (Å²) in [7, 11) is 0. The molecule has 0 spiro atoms. The van der Waals surface area contributed by atoms with Crippen LogP contribution in [-0.2, 0) is 0 Å². The van der Waals surface area contributed by atoms with Crippen molar-refractivity contribution in [2.75, 3.05) is 5.32 Å². The van der Waals surface area contributed by atoms with Crippen LogP contribution in [0, 0.1) is 6.92 Å². The Labute approximate surface area is 151 Å². The molecule has 1 aromatic heterocycles. The second kappa shape index (κ2) is 8.09. The highest BCUT2D eigenvalue weighted by Crippen LogP contribution is 2.16. The van der Waals surface area contributed by atoms with Crippen LogP contribution >= 0.6 is 11.3 Å². The lowest BCUT2D eigenvalue weighted by Crippen LogP contribution is -3.00. The van der Waals surface area contributed by atoms with E-state index in [9.17, 15) is 0 Å². The summed E-state index contributed by atoms with van der Waals surface area (Å²) in [6, 6.07) is 20.7. The molecule has 118 valence electrons. The van der Waals surface area contributed by atoms with Crippen molar-refractivity contribution in [2.45, 2.75) is 13.8 Å². The number of nitrogens with one attached hydrogen (secondary N) is 1. The van der Waals surface area contributed by atoms with Crippen LogP contribution in [0.3, 0.4) is 0 Å². The highest BCUT2D eigenvalue weighted by molar-refractivity contribution is 7.10. The van der Waals surface area contributed by atoms with Gasteiger partial charge in [0.25, 0.3) is 5.01 Å². The standard InChI is InChI=1S/C19H18N2S.BrH/c1-15(20-17-9-5-3-6-10-17)13-19-21(16(2)14-22-19)18-11-7-4-8-12-18;/h3-14H,1-2H3;1H. The number of allylic oxidation sites excluding steroid dienone is 1. The maximum Gasteiger partial charge on any atom is 0.269 e. The topological polar surface area (TPSA) is 15.9 Å². The molecule has 3 aromatic rings. The lowest BCUT2D eigenvalue weighted by molar-refractivity contribution is -0.599. The second-order valence-corrected chi connectivity index (χ2v) is 6.09. The van der Waals surface area contributed by atoms with Crippen molar-refractivity contribution in [2.24, 2.45) is 0 Å². The van der Waals surface area contributed by atoms with Crippen LogP contribution in [0.2, 0.25) is 0 Å². The lowest BCUT2D eigenvalue weighted by Gasteiger charge is -2.05. The highest BCUT2D eigenvalue weighted by atomic mass is 79.9. The minimum Gasteiger partial charge on any atom is -1.00 e. The van der Waals surface area contributed by atoms with Gasteiger partial charge in [-0.15, -0.1) is 4.57 Å². The highest BCUT2D eigenvalue weighted by Gasteiger charge is 2.18. The SMILES string of the molecule is C/C(=C\c1scc(C)[n+]1-c1ccccc1)Nc1ccccc1.[Br-]. The van der Waals surface area contributed by atoms with E-state index in [1.807, 2.05) is 24.3 Å². The number of halogens is 1. The number of hydrogen-bond donors (Lipinski definition) is 1. The van der Waals surface area contributed by atoms with Crippen molar-refractivity contribution < 1.29 is 21.5 Å². The predicted octanol–water partition coefficient (Wildman–Crippen LogP) is 1.81. The summed E-state index contributed by atoms with van der Waals surface area (Å²) in [6.07, 6.45) is 2.19. The summed E-state index contributed by atoms with van der Waals surface area (Å²) >= 11 is 1.76. The van der Waals surface area contributed by atoms with Crippen molar-refractivity contribution >= 4 is 23.1 Å². The van der Waals surface area contributed by atoms with Gasteiger partial charge in [0.15, 0.2) is 5.69 Å². The van der Waals surface area contributed by atoms with Crippen LogP contribution < -0.4 is 26.9 Å². The Morgan fingerprint density at radius 3 is 2.26 bits per heavy atom. The van der Waals surface area contributed by atoms with Gasteiger partial charge < -0.3 is 22.3 Å². The fourth-order valence-electron chi connectivity index (χ4n) is 2.40. The Hall–Kier alpha value is -1.91. The first kappa shape index (κ1) is 17.4. The van der Waals surface area contributed by atoms with Crippen LogP contribution in [-0.4, -0.2) is 0 Å². The van der Waals surface area contributed by atoms with Crippen molar-refractivity contribution in [3.8, 4) is 5.69 Å². The Bertz CT molecular complexity index is 780. The van der Waals surface area contributed by atoms with E-state index in [1.165, 1.54) is 16.4 Å². The monoisotopic (exact) mass is 386 g/mol. The third-order valence-corrected chi connectivity index (χ3v) is 4.39. The number of para-hydroxylation sites is 2. The second-order valence-electron chi connectivity index (χ2n) is 5.20. The van der Waals surface area contributed by atoms with Crippen molar-refractivity contribution in [1.82, 2.24) is 0 Å². The number of rotatable bonds is 4. The molecule has 0 saturated carbocycles. The molecule has 0 aliphatic rings. The molecule has 2 aromatic carbocycles. The van der Waals surface area contributed by atoms with Crippen LogP contribution in [0.25, 0.3) is 11.8 Å². The molecule has 1 heterocycles. The normalized spacial score (nSPS) is 11.0. The zero-order chi connectivity index (χ0) is 15.4. The van der Waals surface area contributed by atoms with E-state index >= 15 is 0 Å². The first-order valence-electron chi connectivity index (χ1n) is 7.30. The van der Waals surface area contributed by atoms with Gasteiger partial charge in [0, 0.05) is 36.5 Å². The van der Waals surface area contributed by atoms with Gasteiger partial charge in [-0.25, -0.2) is 0 Å². The minimum atomic E-state index is 0. The van der Waals surface area contributed by atoms with E-state index in [0.29, 0.717) is 0 Å². The molecule has 4 heteroatoms. The zero-order valence-electron chi connectivity index (χ0n) is 13.2. The van der Waals surface area contributed by atoms with E-state index in [4.69, 9.17) is 0 Å². The molecule has 0 radical (unpaired) electrons. The molecule has 0 bridgehead atoms. The van der Waals surface area contributed by atoms with Crippen molar-refractivity contribution in [3.63, 3.8) is 0 Å². The molecule has 0 unspecified atom stereocenters. The van der Waals surface area contributed by atoms with Gasteiger partial charge >= 0.3 is 0 Å². The molecule has 0 saturated heterocycles. The van der Waals surface area contributed by atoms with Crippen LogP contribution in [0.4, 0.5) is 5.69 Å². The molecule has 0 fully saturated rings. The van der Waals surface area contributed by atoms with Crippen molar-refractivity contribution in [3.05, 3.63) is 82.4 Å². The van der Waals surface area contributed by atoms with Gasteiger partial charge in [-0.3, -0.25) is 0 Å². The molecule has 0 aliphatic carbocycles. The smallest absolute Gasteiger partial charge is 0.269 e. The molecule has 2 nitrogen and oxygen atoms in total. The number of aromatic nitrogens is 1. The summed E-state index contributed by atoms with van der Waals surface area (Å²) in [6.45, 7) is 4.23. The van der Waals surface area contributed by atoms with E-state index in [1.54, 1.807) is 11.3 Å². The summed E-state index contributed by atoms with van der Waals surface area (Å²) in [4.78, 5) is 0. The number of nitrogens with zero attached hydrogens (tertiary/aromatic N) is 1. The third-order valence-electron chi connectivity index (χ3n) is 3.39. The minimum absolute atomic E-state index is 0. The van der Waals surface area contributed by atoms with Gasteiger partial charge in [-0.05, 0) is 19.1 Å². The maximum absolute atomic E-state index is 3.43. The quantitative estimate of drug-likeness (QED) is 0.676. The van der Waals surface area contributed by atoms with Gasteiger partial charge in [-0.2, -0.15) is 0 Å². The molecule has 0 aliphatic heterocycles. The predicted molar refractivity (Wildman–Crippen MR) is 94.3 cm³/mol. The lowest BCUT2D eigenvalue weighted by atomic mass is 10.3. The van der Waals surface area contributed by atoms with Gasteiger partial charge in [-0.1, -0.05) is 47.7 Å². The summed E-state index contributed by atoms with van der Waals surface area (Å²) < 4.78 is 2.28. The Balaban J connectivity index is 0.00000192. The van der Waals surface area contributed by atoms with E-state index < -0.39 is 0 Å². The third kappa shape index (κ3) is 4.30. The number of benzene rings is 2. The molecular weight excluding hydrogens is 368 g/mol. The van der Waals surface area contributed by atoms with Crippen LogP contribution in [0.15, 0.2) is 71.7 Å². The van der Waals surface area contributed by atoms with E-state index in [0.717, 1.165) is 11.4 Å². The fourth-order valence-corrected chi connectivity index (χ4v) is 3.40.